The standard InChI is InChI=1S/C12H10BrN3O2/c13-8-4-1-2-5-9(8)18-10-6-3-7-15-11(10)12(14)16-17/h1-7,17H,(H2,14,16). The third kappa shape index (κ3) is 2.60. The van der Waals surface area contributed by atoms with Crippen molar-refractivity contribution in [3.05, 3.63) is 52.8 Å². The molecule has 6 heteroatoms. The predicted molar refractivity (Wildman–Crippen MR) is 71.0 cm³/mol. The Hall–Kier alpha value is -2.08. The van der Waals surface area contributed by atoms with E-state index >= 15 is 0 Å². The summed E-state index contributed by atoms with van der Waals surface area (Å²) in [4.78, 5) is 4.02. The van der Waals surface area contributed by atoms with Crippen LogP contribution in [0.3, 0.4) is 0 Å². The van der Waals surface area contributed by atoms with E-state index in [0.29, 0.717) is 11.5 Å². The summed E-state index contributed by atoms with van der Waals surface area (Å²) in [5.41, 5.74) is 5.82. The van der Waals surface area contributed by atoms with Crippen LogP contribution in [0.25, 0.3) is 0 Å². The first-order valence-corrected chi connectivity index (χ1v) is 5.87. The molecule has 0 aliphatic carbocycles. The lowest BCUT2D eigenvalue weighted by atomic mass is 10.3. The van der Waals surface area contributed by atoms with Gasteiger partial charge in [0.2, 0.25) is 0 Å². The summed E-state index contributed by atoms with van der Waals surface area (Å²) >= 11 is 3.38. The minimum atomic E-state index is -0.0994. The number of nitrogens with zero attached hydrogens (tertiary/aromatic N) is 2. The van der Waals surface area contributed by atoms with Crippen molar-refractivity contribution in [3.63, 3.8) is 0 Å². The highest BCUT2D eigenvalue weighted by Crippen LogP contribution is 2.30. The molecule has 0 aliphatic heterocycles. The predicted octanol–water partition coefficient (Wildman–Crippen LogP) is 2.73. The van der Waals surface area contributed by atoms with Crippen LogP contribution in [-0.4, -0.2) is 16.0 Å². The summed E-state index contributed by atoms with van der Waals surface area (Å²) in [5, 5.41) is 11.6. The van der Waals surface area contributed by atoms with Gasteiger partial charge in [-0.15, -0.1) is 0 Å². The number of aromatic nitrogens is 1. The largest absolute Gasteiger partial charge is 0.454 e. The van der Waals surface area contributed by atoms with Gasteiger partial charge in [-0.1, -0.05) is 17.3 Å². The van der Waals surface area contributed by atoms with Gasteiger partial charge in [-0.05, 0) is 40.2 Å². The monoisotopic (exact) mass is 307 g/mol. The second kappa shape index (κ2) is 5.50. The molecule has 0 radical (unpaired) electrons. The van der Waals surface area contributed by atoms with Crippen LogP contribution in [0.2, 0.25) is 0 Å². The highest BCUT2D eigenvalue weighted by molar-refractivity contribution is 9.10. The van der Waals surface area contributed by atoms with Crippen molar-refractivity contribution in [2.45, 2.75) is 0 Å². The van der Waals surface area contributed by atoms with Gasteiger partial charge in [0, 0.05) is 6.20 Å². The van der Waals surface area contributed by atoms with Gasteiger partial charge in [0.05, 0.1) is 4.47 Å². The number of ether oxygens (including phenoxy) is 1. The van der Waals surface area contributed by atoms with Crippen LogP contribution in [0.1, 0.15) is 5.69 Å². The molecule has 0 aliphatic rings. The molecule has 0 saturated heterocycles. The van der Waals surface area contributed by atoms with E-state index in [1.807, 2.05) is 18.2 Å². The van der Waals surface area contributed by atoms with Gasteiger partial charge in [-0.25, -0.2) is 4.98 Å². The number of amidine groups is 1. The van der Waals surface area contributed by atoms with Crippen molar-refractivity contribution < 1.29 is 9.94 Å². The van der Waals surface area contributed by atoms with Crippen molar-refractivity contribution in [1.29, 1.82) is 0 Å². The lowest BCUT2D eigenvalue weighted by Gasteiger charge is -2.10. The van der Waals surface area contributed by atoms with E-state index in [4.69, 9.17) is 15.7 Å². The molecule has 1 aromatic carbocycles. The van der Waals surface area contributed by atoms with E-state index in [2.05, 4.69) is 26.1 Å². The minimum absolute atomic E-state index is 0.0994. The molecule has 0 spiro atoms. The molecule has 92 valence electrons. The Balaban J connectivity index is 2.38. The van der Waals surface area contributed by atoms with Gasteiger partial charge in [-0.3, -0.25) is 0 Å². The van der Waals surface area contributed by atoms with Gasteiger partial charge in [0.15, 0.2) is 17.3 Å². The number of para-hydroxylation sites is 1. The van der Waals surface area contributed by atoms with Crippen molar-refractivity contribution in [1.82, 2.24) is 4.98 Å². The fraction of sp³-hybridized carbons (Fsp3) is 0. The zero-order chi connectivity index (χ0) is 13.0. The zero-order valence-electron chi connectivity index (χ0n) is 9.25. The molecule has 0 saturated carbocycles. The molecule has 2 rings (SSSR count). The molecular weight excluding hydrogens is 298 g/mol. The Labute approximate surface area is 112 Å². The second-order valence-electron chi connectivity index (χ2n) is 3.37. The first-order chi connectivity index (χ1) is 8.72. The number of hydrogen-bond acceptors (Lipinski definition) is 4. The second-order valence-corrected chi connectivity index (χ2v) is 4.22. The molecule has 0 unspecified atom stereocenters. The van der Waals surface area contributed by atoms with Crippen molar-refractivity contribution in [2.75, 3.05) is 0 Å². The van der Waals surface area contributed by atoms with Crippen LogP contribution >= 0.6 is 15.9 Å². The van der Waals surface area contributed by atoms with Crippen LogP contribution in [-0.2, 0) is 0 Å². The van der Waals surface area contributed by atoms with Crippen molar-refractivity contribution in [2.24, 2.45) is 10.9 Å². The summed E-state index contributed by atoms with van der Waals surface area (Å²) < 4.78 is 6.49. The first-order valence-electron chi connectivity index (χ1n) is 5.07. The molecule has 0 fully saturated rings. The molecule has 0 bridgehead atoms. The maximum Gasteiger partial charge on any atom is 0.192 e. The smallest absolute Gasteiger partial charge is 0.192 e. The lowest BCUT2D eigenvalue weighted by molar-refractivity contribution is 0.318. The molecule has 18 heavy (non-hydrogen) atoms. The van der Waals surface area contributed by atoms with Crippen LogP contribution in [0.5, 0.6) is 11.5 Å². The average molecular weight is 308 g/mol. The lowest BCUT2D eigenvalue weighted by Crippen LogP contribution is -2.15. The normalized spacial score (nSPS) is 11.3. The van der Waals surface area contributed by atoms with E-state index in [1.54, 1.807) is 24.4 Å². The highest BCUT2D eigenvalue weighted by atomic mass is 79.9. The summed E-state index contributed by atoms with van der Waals surface area (Å²) in [6.45, 7) is 0. The Bertz CT molecular complexity index is 587. The molecule has 1 aromatic heterocycles. The van der Waals surface area contributed by atoms with Crippen LogP contribution in [0.4, 0.5) is 0 Å². The van der Waals surface area contributed by atoms with Gasteiger partial charge in [0.25, 0.3) is 0 Å². The number of oxime groups is 1. The molecule has 1 heterocycles. The maximum atomic E-state index is 8.69. The summed E-state index contributed by atoms with van der Waals surface area (Å²) in [5.74, 6) is 0.940. The highest BCUT2D eigenvalue weighted by Gasteiger charge is 2.11. The van der Waals surface area contributed by atoms with Crippen molar-refractivity contribution >= 4 is 21.8 Å². The van der Waals surface area contributed by atoms with Crippen LogP contribution < -0.4 is 10.5 Å². The van der Waals surface area contributed by atoms with Crippen LogP contribution in [0, 0.1) is 0 Å². The quantitative estimate of drug-likeness (QED) is 0.395. The van der Waals surface area contributed by atoms with E-state index < -0.39 is 0 Å². The first kappa shape index (κ1) is 12.4. The van der Waals surface area contributed by atoms with E-state index in [0.717, 1.165) is 4.47 Å². The Morgan fingerprint density at radius 1 is 1.22 bits per heavy atom. The van der Waals surface area contributed by atoms with E-state index in [1.165, 1.54) is 0 Å². The number of benzene rings is 1. The molecular formula is C12H10BrN3O2. The van der Waals surface area contributed by atoms with Crippen LogP contribution in [0.15, 0.2) is 52.2 Å². The van der Waals surface area contributed by atoms with E-state index in [9.17, 15) is 0 Å². The summed E-state index contributed by atoms with van der Waals surface area (Å²) in [6, 6.07) is 10.8. The number of hydrogen-bond donors (Lipinski definition) is 2. The maximum absolute atomic E-state index is 8.69. The number of rotatable bonds is 3. The number of pyridine rings is 1. The molecule has 3 N–H and O–H groups in total. The number of nitrogens with two attached hydrogens (primary N) is 1. The Morgan fingerprint density at radius 2 is 1.94 bits per heavy atom. The summed E-state index contributed by atoms with van der Waals surface area (Å²) in [6.07, 6.45) is 1.54. The number of halogens is 1. The fourth-order valence-electron chi connectivity index (χ4n) is 1.36. The third-order valence-electron chi connectivity index (χ3n) is 2.18. The van der Waals surface area contributed by atoms with E-state index in [-0.39, 0.29) is 11.5 Å². The minimum Gasteiger partial charge on any atom is -0.454 e. The topological polar surface area (TPSA) is 80.7 Å². The molecule has 5 nitrogen and oxygen atoms in total. The Morgan fingerprint density at radius 3 is 2.67 bits per heavy atom. The molecule has 0 amide bonds. The SMILES string of the molecule is N/C(=N/O)c1ncccc1Oc1ccccc1Br. The van der Waals surface area contributed by atoms with Gasteiger partial charge in [-0.2, -0.15) is 0 Å². The molecule has 2 aromatic rings. The third-order valence-corrected chi connectivity index (χ3v) is 2.83. The average Bonchev–Trinajstić information content (AvgIpc) is 2.41. The summed E-state index contributed by atoms with van der Waals surface area (Å²) in [7, 11) is 0. The van der Waals surface area contributed by atoms with Gasteiger partial charge in [0.1, 0.15) is 5.75 Å². The fourth-order valence-corrected chi connectivity index (χ4v) is 1.72. The van der Waals surface area contributed by atoms with Gasteiger partial charge >= 0.3 is 0 Å². The zero-order valence-corrected chi connectivity index (χ0v) is 10.8. The van der Waals surface area contributed by atoms with Crippen molar-refractivity contribution in [3.8, 4) is 11.5 Å². The Kier molecular flexibility index (Phi) is 3.78. The van der Waals surface area contributed by atoms with Gasteiger partial charge < -0.3 is 15.7 Å². The molecule has 0 atom stereocenters.